The lowest BCUT2D eigenvalue weighted by molar-refractivity contribution is -0.116. The molecular formula is C20H18FN5O2. The summed E-state index contributed by atoms with van der Waals surface area (Å²) in [7, 11) is 0. The predicted octanol–water partition coefficient (Wildman–Crippen LogP) is 3.50. The SMILES string of the molecule is CC(=O)Nc1cccc(Nc2ccc(NC(=O)Cc3ccc(F)cc3)nn2)c1. The van der Waals surface area contributed by atoms with Crippen molar-refractivity contribution in [1.82, 2.24) is 10.2 Å². The molecule has 3 N–H and O–H groups in total. The van der Waals surface area contributed by atoms with E-state index in [1.165, 1.54) is 19.1 Å². The van der Waals surface area contributed by atoms with Gasteiger partial charge in [0.2, 0.25) is 11.8 Å². The van der Waals surface area contributed by atoms with E-state index in [-0.39, 0.29) is 24.1 Å². The Kier molecular flexibility index (Phi) is 5.91. The monoisotopic (exact) mass is 379 g/mol. The van der Waals surface area contributed by atoms with Gasteiger partial charge in [0.05, 0.1) is 6.42 Å². The second-order valence-corrected chi connectivity index (χ2v) is 6.04. The molecule has 28 heavy (non-hydrogen) atoms. The molecule has 2 aromatic carbocycles. The van der Waals surface area contributed by atoms with Crippen LogP contribution in [0.25, 0.3) is 0 Å². The number of anilines is 4. The highest BCUT2D eigenvalue weighted by atomic mass is 19.1. The molecule has 8 heteroatoms. The third kappa shape index (κ3) is 5.60. The van der Waals surface area contributed by atoms with E-state index < -0.39 is 0 Å². The van der Waals surface area contributed by atoms with E-state index in [1.807, 2.05) is 6.07 Å². The largest absolute Gasteiger partial charge is 0.339 e. The van der Waals surface area contributed by atoms with Crippen LogP contribution in [0.15, 0.2) is 60.7 Å². The number of benzene rings is 2. The molecule has 0 fully saturated rings. The molecule has 0 bridgehead atoms. The van der Waals surface area contributed by atoms with Gasteiger partial charge in [-0.3, -0.25) is 9.59 Å². The first-order chi connectivity index (χ1) is 13.5. The molecule has 0 aliphatic heterocycles. The maximum absolute atomic E-state index is 12.9. The Hall–Kier alpha value is -3.81. The molecule has 0 saturated carbocycles. The van der Waals surface area contributed by atoms with Gasteiger partial charge in [0.15, 0.2) is 11.6 Å². The lowest BCUT2D eigenvalue weighted by atomic mass is 10.1. The van der Waals surface area contributed by atoms with Crippen LogP contribution in [0.5, 0.6) is 0 Å². The highest BCUT2D eigenvalue weighted by Gasteiger charge is 2.06. The molecule has 0 radical (unpaired) electrons. The first kappa shape index (κ1) is 19.0. The zero-order chi connectivity index (χ0) is 19.9. The summed E-state index contributed by atoms with van der Waals surface area (Å²) in [6.45, 7) is 1.44. The Balaban J connectivity index is 1.58. The van der Waals surface area contributed by atoms with E-state index in [2.05, 4.69) is 26.1 Å². The van der Waals surface area contributed by atoms with Gasteiger partial charge in [-0.05, 0) is 48.0 Å². The van der Waals surface area contributed by atoms with E-state index >= 15 is 0 Å². The zero-order valence-electron chi connectivity index (χ0n) is 15.1. The maximum atomic E-state index is 12.9. The standard InChI is InChI=1S/C20H18FN5O2/c1-13(27)22-16-3-2-4-17(12-16)23-18-9-10-19(26-25-18)24-20(28)11-14-5-7-15(21)8-6-14/h2-10,12H,11H2,1H3,(H,22,27)(H,23,25)(H,24,26,28). The van der Waals surface area contributed by atoms with Crippen molar-refractivity contribution in [3.05, 3.63) is 72.0 Å². The second-order valence-electron chi connectivity index (χ2n) is 6.04. The number of hydrogen-bond donors (Lipinski definition) is 3. The van der Waals surface area contributed by atoms with Crippen LogP contribution in [-0.2, 0) is 16.0 Å². The topological polar surface area (TPSA) is 96.0 Å². The van der Waals surface area contributed by atoms with Crippen molar-refractivity contribution < 1.29 is 14.0 Å². The number of amides is 2. The van der Waals surface area contributed by atoms with E-state index in [0.717, 1.165) is 5.69 Å². The molecule has 2 amide bonds. The normalized spacial score (nSPS) is 10.2. The molecule has 3 aromatic rings. The number of rotatable bonds is 6. The summed E-state index contributed by atoms with van der Waals surface area (Å²) in [5, 5.41) is 16.4. The van der Waals surface area contributed by atoms with Crippen LogP contribution < -0.4 is 16.0 Å². The second kappa shape index (κ2) is 8.72. The van der Waals surface area contributed by atoms with Crippen molar-refractivity contribution in [1.29, 1.82) is 0 Å². The van der Waals surface area contributed by atoms with Crippen LogP contribution in [0.4, 0.5) is 27.4 Å². The van der Waals surface area contributed by atoms with Gasteiger partial charge in [0.1, 0.15) is 5.82 Å². The van der Waals surface area contributed by atoms with Gasteiger partial charge in [-0.25, -0.2) is 4.39 Å². The van der Waals surface area contributed by atoms with Crippen molar-refractivity contribution in [2.75, 3.05) is 16.0 Å². The summed E-state index contributed by atoms with van der Waals surface area (Å²) in [6.07, 6.45) is 0.109. The molecule has 142 valence electrons. The van der Waals surface area contributed by atoms with Crippen LogP contribution in [0.1, 0.15) is 12.5 Å². The van der Waals surface area contributed by atoms with Crippen molar-refractivity contribution >= 4 is 34.8 Å². The third-order valence-corrected chi connectivity index (χ3v) is 3.67. The predicted molar refractivity (Wildman–Crippen MR) is 105 cm³/mol. The van der Waals surface area contributed by atoms with E-state index in [4.69, 9.17) is 0 Å². The Morgan fingerprint density at radius 2 is 1.57 bits per heavy atom. The molecule has 0 aliphatic carbocycles. The summed E-state index contributed by atoms with van der Waals surface area (Å²) in [5.41, 5.74) is 2.09. The summed E-state index contributed by atoms with van der Waals surface area (Å²) in [5.74, 6) is 0.0178. The summed E-state index contributed by atoms with van der Waals surface area (Å²) in [6, 6.07) is 16.2. The van der Waals surface area contributed by atoms with Crippen molar-refractivity contribution in [3.8, 4) is 0 Å². The number of halogens is 1. The summed E-state index contributed by atoms with van der Waals surface area (Å²) in [4.78, 5) is 23.2. The summed E-state index contributed by atoms with van der Waals surface area (Å²) >= 11 is 0. The van der Waals surface area contributed by atoms with Gasteiger partial charge in [-0.15, -0.1) is 10.2 Å². The first-order valence-corrected chi connectivity index (χ1v) is 8.50. The lowest BCUT2D eigenvalue weighted by Crippen LogP contribution is -2.15. The third-order valence-electron chi connectivity index (χ3n) is 3.67. The minimum atomic E-state index is -0.347. The molecule has 0 spiro atoms. The minimum absolute atomic E-state index is 0.109. The molecule has 0 unspecified atom stereocenters. The van der Waals surface area contributed by atoms with E-state index in [1.54, 1.807) is 42.5 Å². The van der Waals surface area contributed by atoms with Crippen LogP contribution in [0.3, 0.4) is 0 Å². The van der Waals surface area contributed by atoms with Crippen molar-refractivity contribution in [2.45, 2.75) is 13.3 Å². The molecule has 7 nitrogen and oxygen atoms in total. The zero-order valence-corrected chi connectivity index (χ0v) is 15.1. The highest BCUT2D eigenvalue weighted by Crippen LogP contribution is 2.19. The molecular weight excluding hydrogens is 361 g/mol. The molecule has 3 rings (SSSR count). The first-order valence-electron chi connectivity index (χ1n) is 8.50. The van der Waals surface area contributed by atoms with Gasteiger partial charge in [0.25, 0.3) is 0 Å². The van der Waals surface area contributed by atoms with Crippen LogP contribution in [0.2, 0.25) is 0 Å². The van der Waals surface area contributed by atoms with E-state index in [9.17, 15) is 14.0 Å². The number of nitrogens with zero attached hydrogens (tertiary/aromatic N) is 2. The smallest absolute Gasteiger partial charge is 0.229 e. The molecule has 0 atom stereocenters. The van der Waals surface area contributed by atoms with Gasteiger partial charge in [-0.1, -0.05) is 18.2 Å². The van der Waals surface area contributed by atoms with Crippen LogP contribution in [0, 0.1) is 5.82 Å². The fraction of sp³-hybridized carbons (Fsp3) is 0.100. The number of nitrogens with one attached hydrogen (secondary N) is 3. The Labute approximate surface area is 161 Å². The van der Waals surface area contributed by atoms with Gasteiger partial charge in [0, 0.05) is 18.3 Å². The van der Waals surface area contributed by atoms with Gasteiger partial charge >= 0.3 is 0 Å². The number of carbonyl (C=O) groups is 2. The highest BCUT2D eigenvalue weighted by molar-refractivity contribution is 5.91. The van der Waals surface area contributed by atoms with E-state index in [0.29, 0.717) is 22.9 Å². The van der Waals surface area contributed by atoms with Crippen LogP contribution in [-0.4, -0.2) is 22.0 Å². The molecule has 0 aliphatic rings. The van der Waals surface area contributed by atoms with Crippen molar-refractivity contribution in [2.24, 2.45) is 0 Å². The average Bonchev–Trinajstić information content (AvgIpc) is 2.65. The van der Waals surface area contributed by atoms with Gasteiger partial charge < -0.3 is 16.0 Å². The molecule has 1 heterocycles. The summed E-state index contributed by atoms with van der Waals surface area (Å²) < 4.78 is 12.9. The molecule has 0 saturated heterocycles. The minimum Gasteiger partial charge on any atom is -0.339 e. The number of hydrogen-bond acceptors (Lipinski definition) is 5. The Morgan fingerprint density at radius 1 is 0.893 bits per heavy atom. The lowest BCUT2D eigenvalue weighted by Gasteiger charge is -2.08. The maximum Gasteiger partial charge on any atom is 0.229 e. The Bertz CT molecular complexity index is 975. The van der Waals surface area contributed by atoms with Crippen LogP contribution >= 0.6 is 0 Å². The van der Waals surface area contributed by atoms with Gasteiger partial charge in [-0.2, -0.15) is 0 Å². The Morgan fingerprint density at radius 3 is 2.25 bits per heavy atom. The average molecular weight is 379 g/mol. The van der Waals surface area contributed by atoms with Crippen molar-refractivity contribution in [3.63, 3.8) is 0 Å². The number of carbonyl (C=O) groups excluding carboxylic acids is 2. The quantitative estimate of drug-likeness (QED) is 0.609. The molecule has 1 aromatic heterocycles. The fourth-order valence-electron chi connectivity index (χ4n) is 2.47. The fourth-order valence-corrected chi connectivity index (χ4v) is 2.47. The number of aromatic nitrogens is 2.